The van der Waals surface area contributed by atoms with Gasteiger partial charge in [0, 0.05) is 5.38 Å². The number of nitrogens with one attached hydrogen (secondary N) is 1. The Balaban J connectivity index is 1.90. The Kier molecular flexibility index (Phi) is 3.88. The number of amides is 1. The van der Waals surface area contributed by atoms with Gasteiger partial charge in [0.25, 0.3) is 0 Å². The maximum atomic E-state index is 11.6. The Morgan fingerprint density at radius 3 is 3.06 bits per heavy atom. The summed E-state index contributed by atoms with van der Waals surface area (Å²) in [5, 5.41) is 6.79. The SMILES string of the molecule is CC(=NNC(=O)Cc1csc(C)n1)c1ccco1. The summed E-state index contributed by atoms with van der Waals surface area (Å²) >= 11 is 1.53. The van der Waals surface area contributed by atoms with Gasteiger partial charge in [-0.15, -0.1) is 11.3 Å². The third-order valence-electron chi connectivity index (χ3n) is 2.23. The molecule has 0 fully saturated rings. The molecule has 18 heavy (non-hydrogen) atoms. The molecule has 0 atom stereocenters. The van der Waals surface area contributed by atoms with Crippen LogP contribution in [0.4, 0.5) is 0 Å². The van der Waals surface area contributed by atoms with E-state index in [1.165, 1.54) is 11.3 Å². The molecule has 2 heterocycles. The molecule has 6 heteroatoms. The number of hydrazone groups is 1. The van der Waals surface area contributed by atoms with E-state index >= 15 is 0 Å². The fourth-order valence-corrected chi connectivity index (χ4v) is 1.99. The molecule has 1 amide bonds. The number of rotatable bonds is 4. The van der Waals surface area contributed by atoms with Crippen LogP contribution in [0.2, 0.25) is 0 Å². The quantitative estimate of drug-likeness (QED) is 0.678. The largest absolute Gasteiger partial charge is 0.463 e. The lowest BCUT2D eigenvalue weighted by Gasteiger charge is -1.99. The average Bonchev–Trinajstić information content (AvgIpc) is 2.97. The van der Waals surface area contributed by atoms with Crippen LogP contribution in [0.5, 0.6) is 0 Å². The van der Waals surface area contributed by atoms with Crippen molar-refractivity contribution in [3.8, 4) is 0 Å². The van der Waals surface area contributed by atoms with Gasteiger partial charge in [-0.2, -0.15) is 5.10 Å². The maximum absolute atomic E-state index is 11.6. The standard InChI is InChI=1S/C12H13N3O2S/c1-8(11-4-3-5-17-11)14-15-12(16)6-10-7-18-9(2)13-10/h3-5,7H,6H2,1-2H3,(H,15,16). The number of aryl methyl sites for hydroxylation is 1. The first-order chi connectivity index (χ1) is 8.65. The summed E-state index contributed by atoms with van der Waals surface area (Å²) < 4.78 is 5.16. The van der Waals surface area contributed by atoms with Gasteiger partial charge in [-0.3, -0.25) is 4.79 Å². The van der Waals surface area contributed by atoms with Gasteiger partial charge in [0.15, 0.2) is 0 Å². The van der Waals surface area contributed by atoms with Crippen molar-refractivity contribution in [3.63, 3.8) is 0 Å². The zero-order chi connectivity index (χ0) is 13.0. The first kappa shape index (κ1) is 12.5. The van der Waals surface area contributed by atoms with Gasteiger partial charge >= 0.3 is 0 Å². The van der Waals surface area contributed by atoms with Gasteiger partial charge < -0.3 is 4.42 Å². The second kappa shape index (κ2) is 5.59. The highest BCUT2D eigenvalue weighted by molar-refractivity contribution is 7.09. The van der Waals surface area contributed by atoms with Crippen molar-refractivity contribution in [3.05, 3.63) is 40.2 Å². The Labute approximate surface area is 109 Å². The van der Waals surface area contributed by atoms with Crippen molar-refractivity contribution in [2.45, 2.75) is 20.3 Å². The van der Waals surface area contributed by atoms with Crippen molar-refractivity contribution in [1.82, 2.24) is 10.4 Å². The molecule has 2 rings (SSSR count). The van der Waals surface area contributed by atoms with Crippen LogP contribution >= 0.6 is 11.3 Å². The summed E-state index contributed by atoms with van der Waals surface area (Å²) in [6.07, 6.45) is 1.80. The van der Waals surface area contributed by atoms with Gasteiger partial charge in [0.2, 0.25) is 5.91 Å². The lowest BCUT2D eigenvalue weighted by atomic mass is 10.3. The van der Waals surface area contributed by atoms with Gasteiger partial charge in [0.05, 0.1) is 23.4 Å². The number of hydrogen-bond acceptors (Lipinski definition) is 5. The van der Waals surface area contributed by atoms with Crippen LogP contribution in [-0.2, 0) is 11.2 Å². The molecule has 2 aromatic heterocycles. The fraction of sp³-hybridized carbons (Fsp3) is 0.250. The van der Waals surface area contributed by atoms with Crippen molar-refractivity contribution in [1.29, 1.82) is 0 Å². The number of furan rings is 1. The van der Waals surface area contributed by atoms with Gasteiger partial charge in [-0.25, -0.2) is 10.4 Å². The van der Waals surface area contributed by atoms with E-state index in [1.807, 2.05) is 12.3 Å². The van der Waals surface area contributed by atoms with Gasteiger partial charge in [0.1, 0.15) is 11.5 Å². The molecule has 0 unspecified atom stereocenters. The molecule has 0 aliphatic heterocycles. The maximum Gasteiger partial charge on any atom is 0.246 e. The zero-order valence-electron chi connectivity index (χ0n) is 10.1. The van der Waals surface area contributed by atoms with Crippen LogP contribution in [0.3, 0.4) is 0 Å². The Morgan fingerprint density at radius 1 is 1.61 bits per heavy atom. The molecule has 1 N–H and O–H groups in total. The number of hydrogen-bond donors (Lipinski definition) is 1. The molecule has 5 nitrogen and oxygen atoms in total. The van der Waals surface area contributed by atoms with E-state index in [0.29, 0.717) is 11.5 Å². The topological polar surface area (TPSA) is 67.5 Å². The zero-order valence-corrected chi connectivity index (χ0v) is 11.0. The van der Waals surface area contributed by atoms with Crippen LogP contribution in [0.25, 0.3) is 0 Å². The second-order valence-corrected chi connectivity index (χ2v) is 4.81. The lowest BCUT2D eigenvalue weighted by molar-refractivity contribution is -0.120. The number of nitrogens with zero attached hydrogens (tertiary/aromatic N) is 2. The third-order valence-corrected chi connectivity index (χ3v) is 3.06. The molecule has 0 aliphatic rings. The minimum atomic E-state index is -0.189. The molecule has 0 saturated carbocycles. The van der Waals surface area contributed by atoms with E-state index in [1.54, 1.807) is 25.3 Å². The highest BCUT2D eigenvalue weighted by Crippen LogP contribution is 2.08. The summed E-state index contributed by atoms with van der Waals surface area (Å²) in [5.74, 6) is 0.450. The summed E-state index contributed by atoms with van der Waals surface area (Å²) in [6.45, 7) is 3.68. The van der Waals surface area contributed by atoms with E-state index < -0.39 is 0 Å². The molecule has 94 valence electrons. The highest BCUT2D eigenvalue weighted by atomic mass is 32.1. The minimum absolute atomic E-state index is 0.189. The number of aromatic nitrogens is 1. The van der Waals surface area contributed by atoms with Gasteiger partial charge in [-0.05, 0) is 26.0 Å². The lowest BCUT2D eigenvalue weighted by Crippen LogP contribution is -2.21. The molecule has 0 bridgehead atoms. The third kappa shape index (κ3) is 3.27. The molecule has 0 spiro atoms. The second-order valence-electron chi connectivity index (χ2n) is 3.74. The van der Waals surface area contributed by atoms with E-state index in [2.05, 4.69) is 15.5 Å². The smallest absolute Gasteiger partial charge is 0.246 e. The van der Waals surface area contributed by atoms with Crippen LogP contribution < -0.4 is 5.43 Å². The van der Waals surface area contributed by atoms with Crippen molar-refractivity contribution in [2.24, 2.45) is 5.10 Å². The number of carbonyl (C=O) groups is 1. The average molecular weight is 263 g/mol. The van der Waals surface area contributed by atoms with E-state index in [4.69, 9.17) is 4.42 Å². The predicted octanol–water partition coefficient (Wildman–Crippen LogP) is 2.13. The number of carbonyl (C=O) groups excluding carboxylic acids is 1. The van der Waals surface area contributed by atoms with Gasteiger partial charge in [-0.1, -0.05) is 0 Å². The summed E-state index contributed by atoms with van der Waals surface area (Å²) in [7, 11) is 0. The molecule has 2 aromatic rings. The molecule has 0 saturated heterocycles. The first-order valence-electron chi connectivity index (χ1n) is 5.43. The van der Waals surface area contributed by atoms with Crippen LogP contribution in [0.15, 0.2) is 33.3 Å². The van der Waals surface area contributed by atoms with E-state index in [-0.39, 0.29) is 12.3 Å². The first-order valence-corrected chi connectivity index (χ1v) is 6.31. The van der Waals surface area contributed by atoms with E-state index in [9.17, 15) is 4.79 Å². The van der Waals surface area contributed by atoms with E-state index in [0.717, 1.165) is 10.7 Å². The van der Waals surface area contributed by atoms with Crippen LogP contribution in [0, 0.1) is 6.92 Å². The van der Waals surface area contributed by atoms with Crippen LogP contribution in [-0.4, -0.2) is 16.6 Å². The fourth-order valence-electron chi connectivity index (χ4n) is 1.38. The van der Waals surface area contributed by atoms with Crippen molar-refractivity contribution >= 4 is 23.0 Å². The monoisotopic (exact) mass is 263 g/mol. The minimum Gasteiger partial charge on any atom is -0.463 e. The molecule has 0 radical (unpaired) electrons. The number of thiazole rings is 1. The van der Waals surface area contributed by atoms with Crippen molar-refractivity contribution < 1.29 is 9.21 Å². The normalized spacial score (nSPS) is 11.6. The highest BCUT2D eigenvalue weighted by Gasteiger charge is 2.06. The Hall–Kier alpha value is -1.95. The Morgan fingerprint density at radius 2 is 2.44 bits per heavy atom. The molecule has 0 aromatic carbocycles. The molecule has 0 aliphatic carbocycles. The molecular formula is C12H13N3O2S. The predicted molar refractivity (Wildman–Crippen MR) is 69.6 cm³/mol. The summed E-state index contributed by atoms with van der Waals surface area (Å²) in [6, 6.07) is 3.56. The van der Waals surface area contributed by atoms with Crippen LogP contribution in [0.1, 0.15) is 23.4 Å². The summed E-state index contributed by atoms with van der Waals surface area (Å²) in [4.78, 5) is 15.8. The summed E-state index contributed by atoms with van der Waals surface area (Å²) in [5.41, 5.74) is 3.87. The van der Waals surface area contributed by atoms with Crippen molar-refractivity contribution in [2.75, 3.05) is 0 Å². The molecular weight excluding hydrogens is 250 g/mol. The Bertz CT molecular complexity index is 558.